The third-order valence-electron chi connectivity index (χ3n) is 6.30. The van der Waals surface area contributed by atoms with Crippen LogP contribution in [0.15, 0.2) is 43.0 Å². The zero-order valence-electron chi connectivity index (χ0n) is 15.6. The van der Waals surface area contributed by atoms with Crippen molar-refractivity contribution in [3.63, 3.8) is 0 Å². The van der Waals surface area contributed by atoms with Gasteiger partial charge in [0, 0.05) is 49.5 Å². The summed E-state index contributed by atoms with van der Waals surface area (Å²) in [5.74, 6) is 0.956. The Balaban J connectivity index is 1.35. The van der Waals surface area contributed by atoms with Crippen molar-refractivity contribution in [3.8, 4) is 0 Å². The molecule has 1 aromatic heterocycles. The van der Waals surface area contributed by atoms with Crippen molar-refractivity contribution in [2.45, 2.75) is 44.7 Å². The molecule has 2 N–H and O–H groups in total. The second-order valence-electron chi connectivity index (χ2n) is 8.11. The van der Waals surface area contributed by atoms with E-state index in [1.807, 2.05) is 47.9 Å². The second kappa shape index (κ2) is 7.64. The zero-order chi connectivity index (χ0) is 18.9. The highest BCUT2D eigenvalue weighted by Crippen LogP contribution is 2.52. The highest BCUT2D eigenvalue weighted by atomic mass is 35.5. The summed E-state index contributed by atoms with van der Waals surface area (Å²) in [4.78, 5) is 19.0. The van der Waals surface area contributed by atoms with Crippen LogP contribution in [0.4, 0.5) is 0 Å². The molecule has 4 rings (SSSR count). The van der Waals surface area contributed by atoms with Crippen LogP contribution in [0.25, 0.3) is 0 Å². The van der Waals surface area contributed by atoms with Gasteiger partial charge in [0.2, 0.25) is 5.91 Å². The number of likely N-dealkylation sites (tertiary alicyclic amines) is 1. The molecule has 1 aromatic carbocycles. The molecule has 2 aromatic rings. The van der Waals surface area contributed by atoms with Crippen molar-refractivity contribution in [3.05, 3.63) is 53.6 Å². The van der Waals surface area contributed by atoms with Crippen molar-refractivity contribution in [2.24, 2.45) is 17.1 Å². The molecule has 1 saturated heterocycles. The number of benzene rings is 1. The zero-order valence-corrected chi connectivity index (χ0v) is 16.3. The molecule has 0 radical (unpaired) electrons. The molecular weight excluding hydrogens is 360 g/mol. The Kier molecular flexibility index (Phi) is 5.24. The number of piperidine rings is 1. The normalized spacial score (nSPS) is 20.4. The number of hydrogen-bond acceptors (Lipinski definition) is 3. The second-order valence-corrected chi connectivity index (χ2v) is 8.55. The minimum atomic E-state index is -0.282. The molecule has 5 nitrogen and oxygen atoms in total. The molecule has 6 heteroatoms. The molecule has 1 saturated carbocycles. The van der Waals surface area contributed by atoms with Crippen molar-refractivity contribution >= 4 is 17.5 Å². The first kappa shape index (κ1) is 18.5. The average molecular weight is 387 g/mol. The quantitative estimate of drug-likeness (QED) is 0.824. The number of hydrogen-bond donors (Lipinski definition) is 1. The minimum Gasteiger partial charge on any atom is -0.343 e. The van der Waals surface area contributed by atoms with E-state index in [0.29, 0.717) is 16.9 Å². The van der Waals surface area contributed by atoms with E-state index in [1.165, 1.54) is 12.8 Å². The molecule has 1 aliphatic carbocycles. The monoisotopic (exact) mass is 386 g/mol. The molecule has 2 fully saturated rings. The summed E-state index contributed by atoms with van der Waals surface area (Å²) in [6, 6.07) is 7.17. The summed E-state index contributed by atoms with van der Waals surface area (Å²) < 4.78 is 2.20. The van der Waals surface area contributed by atoms with Gasteiger partial charge in [0.15, 0.2) is 0 Å². The molecule has 0 bridgehead atoms. The molecule has 1 unspecified atom stereocenters. The number of amides is 1. The summed E-state index contributed by atoms with van der Waals surface area (Å²) in [7, 11) is 0. The van der Waals surface area contributed by atoms with Crippen LogP contribution >= 0.6 is 11.6 Å². The van der Waals surface area contributed by atoms with E-state index in [0.717, 1.165) is 44.0 Å². The molecule has 2 heterocycles. The van der Waals surface area contributed by atoms with Crippen LogP contribution in [-0.4, -0.2) is 33.4 Å². The van der Waals surface area contributed by atoms with Crippen LogP contribution in [0.2, 0.25) is 5.02 Å². The lowest BCUT2D eigenvalue weighted by molar-refractivity contribution is -0.134. The number of nitrogens with zero attached hydrogens (tertiary/aromatic N) is 3. The number of rotatable bonds is 6. The lowest BCUT2D eigenvalue weighted by Crippen LogP contribution is -2.46. The standard InChI is InChI=1S/C21H27ClN4O/c22-18-5-1-16(2-6-18)19(23)13-20(27)26-10-7-21(8-11-26,17-3-4-17)14-25-12-9-24-15-25/h1-2,5-6,9,12,15,17,19H,3-4,7-8,10-11,13-14,23H2. The summed E-state index contributed by atoms with van der Waals surface area (Å²) in [5, 5.41) is 0.683. The maximum Gasteiger partial charge on any atom is 0.224 e. The minimum absolute atomic E-state index is 0.157. The van der Waals surface area contributed by atoms with E-state index in [4.69, 9.17) is 17.3 Å². The fourth-order valence-electron chi connectivity index (χ4n) is 4.48. The van der Waals surface area contributed by atoms with Gasteiger partial charge in [0.05, 0.1) is 6.33 Å². The van der Waals surface area contributed by atoms with E-state index in [-0.39, 0.29) is 11.9 Å². The fraction of sp³-hybridized carbons (Fsp3) is 0.524. The SMILES string of the molecule is NC(CC(=O)N1CCC(Cn2ccnc2)(C2CC2)CC1)c1ccc(Cl)cc1. The Bertz CT molecular complexity index is 762. The Morgan fingerprint density at radius 2 is 1.96 bits per heavy atom. The third kappa shape index (κ3) is 4.19. The number of nitrogens with two attached hydrogens (primary N) is 1. The first-order valence-corrected chi connectivity index (χ1v) is 10.2. The van der Waals surface area contributed by atoms with E-state index in [2.05, 4.69) is 9.55 Å². The number of halogens is 1. The van der Waals surface area contributed by atoms with Gasteiger partial charge in [-0.15, -0.1) is 0 Å². The lowest BCUT2D eigenvalue weighted by atomic mass is 9.74. The largest absolute Gasteiger partial charge is 0.343 e. The Morgan fingerprint density at radius 1 is 1.26 bits per heavy atom. The number of carbonyl (C=O) groups excluding carboxylic acids is 1. The van der Waals surface area contributed by atoms with E-state index < -0.39 is 0 Å². The predicted octanol–water partition coefficient (Wildman–Crippen LogP) is 3.65. The topological polar surface area (TPSA) is 64.2 Å². The van der Waals surface area contributed by atoms with Gasteiger partial charge in [-0.25, -0.2) is 4.98 Å². The first-order valence-electron chi connectivity index (χ1n) is 9.80. The van der Waals surface area contributed by atoms with Crippen LogP contribution in [0.3, 0.4) is 0 Å². The van der Waals surface area contributed by atoms with Gasteiger partial charge >= 0.3 is 0 Å². The molecule has 27 heavy (non-hydrogen) atoms. The lowest BCUT2D eigenvalue weighted by Gasteiger charge is -2.42. The van der Waals surface area contributed by atoms with Gasteiger partial charge in [0.1, 0.15) is 0 Å². The van der Waals surface area contributed by atoms with Crippen molar-refractivity contribution in [1.82, 2.24) is 14.5 Å². The summed E-state index contributed by atoms with van der Waals surface area (Å²) >= 11 is 5.93. The Morgan fingerprint density at radius 3 is 2.56 bits per heavy atom. The Labute approximate surface area is 165 Å². The van der Waals surface area contributed by atoms with Gasteiger partial charge in [-0.3, -0.25) is 4.79 Å². The molecule has 0 spiro atoms. The van der Waals surface area contributed by atoms with Gasteiger partial charge in [-0.05, 0) is 54.7 Å². The number of carbonyl (C=O) groups is 1. The molecule has 1 aliphatic heterocycles. The number of imidazole rings is 1. The van der Waals surface area contributed by atoms with E-state index >= 15 is 0 Å². The van der Waals surface area contributed by atoms with E-state index in [9.17, 15) is 4.79 Å². The van der Waals surface area contributed by atoms with Gasteiger partial charge < -0.3 is 15.2 Å². The average Bonchev–Trinajstić information content (AvgIpc) is 3.42. The summed E-state index contributed by atoms with van der Waals surface area (Å²) in [5.41, 5.74) is 7.52. The predicted molar refractivity (Wildman–Crippen MR) is 106 cm³/mol. The van der Waals surface area contributed by atoms with Crippen molar-refractivity contribution in [1.29, 1.82) is 0 Å². The maximum atomic E-state index is 12.8. The Hall–Kier alpha value is -1.85. The molecule has 144 valence electrons. The highest BCUT2D eigenvalue weighted by molar-refractivity contribution is 6.30. The van der Waals surface area contributed by atoms with Gasteiger partial charge in [-0.2, -0.15) is 0 Å². The molecular formula is C21H27ClN4O. The van der Waals surface area contributed by atoms with Crippen molar-refractivity contribution < 1.29 is 4.79 Å². The fourth-order valence-corrected chi connectivity index (χ4v) is 4.61. The van der Waals surface area contributed by atoms with Gasteiger partial charge in [-0.1, -0.05) is 23.7 Å². The molecule has 2 aliphatic rings. The highest BCUT2D eigenvalue weighted by Gasteiger charge is 2.47. The van der Waals surface area contributed by atoms with Crippen LogP contribution in [0.1, 0.15) is 43.7 Å². The summed E-state index contributed by atoms with van der Waals surface area (Å²) in [6.45, 7) is 2.68. The maximum absolute atomic E-state index is 12.8. The van der Waals surface area contributed by atoms with Crippen LogP contribution in [-0.2, 0) is 11.3 Å². The molecule has 1 amide bonds. The summed E-state index contributed by atoms with van der Waals surface area (Å²) in [6.07, 6.45) is 10.9. The van der Waals surface area contributed by atoms with E-state index in [1.54, 1.807) is 0 Å². The van der Waals surface area contributed by atoms with Crippen LogP contribution in [0, 0.1) is 11.3 Å². The molecule has 1 atom stereocenters. The van der Waals surface area contributed by atoms with Crippen LogP contribution < -0.4 is 5.73 Å². The first-order chi connectivity index (χ1) is 13.1. The van der Waals surface area contributed by atoms with Crippen molar-refractivity contribution in [2.75, 3.05) is 13.1 Å². The van der Waals surface area contributed by atoms with Crippen LogP contribution in [0.5, 0.6) is 0 Å². The van der Waals surface area contributed by atoms with Gasteiger partial charge in [0.25, 0.3) is 0 Å². The number of aromatic nitrogens is 2. The third-order valence-corrected chi connectivity index (χ3v) is 6.56. The smallest absolute Gasteiger partial charge is 0.224 e.